The standard InChI is InChI=1S/C17H36N2O2Si/c1-8-15(12-17(14(2)3)21-22(5,6)7)18-19-11-9-10-16(19)13-20-4/h14,16-17H,8-13H2,1-7H3/b18-15+/t16-,17?/m0/s1. The Balaban J connectivity index is 2.74. The van der Waals surface area contributed by atoms with E-state index in [2.05, 4.69) is 45.4 Å². The summed E-state index contributed by atoms with van der Waals surface area (Å²) in [6.45, 7) is 15.3. The van der Waals surface area contributed by atoms with Gasteiger partial charge in [0.05, 0.1) is 18.8 Å². The topological polar surface area (TPSA) is 34.1 Å². The van der Waals surface area contributed by atoms with Gasteiger partial charge in [-0.25, -0.2) is 0 Å². The van der Waals surface area contributed by atoms with E-state index >= 15 is 0 Å². The maximum absolute atomic E-state index is 6.39. The van der Waals surface area contributed by atoms with Gasteiger partial charge in [-0.15, -0.1) is 0 Å². The fourth-order valence-corrected chi connectivity index (χ4v) is 4.11. The minimum absolute atomic E-state index is 0.286. The van der Waals surface area contributed by atoms with E-state index in [1.807, 2.05) is 0 Å². The average Bonchev–Trinajstić information content (AvgIpc) is 2.83. The minimum atomic E-state index is -1.52. The molecule has 0 bridgehead atoms. The maximum Gasteiger partial charge on any atom is 0.184 e. The highest BCUT2D eigenvalue weighted by Crippen LogP contribution is 2.22. The van der Waals surface area contributed by atoms with E-state index in [4.69, 9.17) is 14.3 Å². The van der Waals surface area contributed by atoms with Gasteiger partial charge < -0.3 is 9.16 Å². The molecule has 22 heavy (non-hydrogen) atoms. The van der Waals surface area contributed by atoms with E-state index in [1.54, 1.807) is 7.11 Å². The summed E-state index contributed by atoms with van der Waals surface area (Å²) in [5, 5.41) is 7.20. The number of ether oxygens (including phenoxy) is 1. The summed E-state index contributed by atoms with van der Waals surface area (Å²) in [6, 6.07) is 0.446. The molecule has 0 aliphatic carbocycles. The Morgan fingerprint density at radius 1 is 1.32 bits per heavy atom. The lowest BCUT2D eigenvalue weighted by atomic mass is 10.0. The third-order valence-corrected chi connectivity index (χ3v) is 5.08. The Morgan fingerprint density at radius 2 is 2.00 bits per heavy atom. The van der Waals surface area contributed by atoms with Gasteiger partial charge in [0, 0.05) is 25.8 Å². The number of rotatable bonds is 9. The fraction of sp³-hybridized carbons (Fsp3) is 0.941. The molecule has 1 rings (SSSR count). The Kier molecular flexibility index (Phi) is 8.07. The first-order chi connectivity index (χ1) is 10.3. The van der Waals surface area contributed by atoms with E-state index in [1.165, 1.54) is 18.6 Å². The van der Waals surface area contributed by atoms with Crippen LogP contribution in [0.25, 0.3) is 0 Å². The molecule has 0 aromatic rings. The van der Waals surface area contributed by atoms with Crippen LogP contribution in [0.3, 0.4) is 0 Å². The SMILES string of the molecule is CC/C(CC(O[Si](C)(C)C)C(C)C)=N\N1CCC[C@H]1COC. The van der Waals surface area contributed by atoms with Crippen molar-refractivity contribution in [2.75, 3.05) is 20.3 Å². The van der Waals surface area contributed by atoms with Gasteiger partial charge in [-0.3, -0.25) is 5.01 Å². The molecular formula is C17H36N2O2Si. The summed E-state index contributed by atoms with van der Waals surface area (Å²) in [5.41, 5.74) is 1.26. The Morgan fingerprint density at radius 3 is 2.50 bits per heavy atom. The molecule has 0 amide bonds. The second-order valence-electron chi connectivity index (χ2n) is 7.65. The first-order valence-corrected chi connectivity index (χ1v) is 12.2. The van der Waals surface area contributed by atoms with E-state index in [0.717, 1.165) is 26.0 Å². The molecule has 2 atom stereocenters. The zero-order valence-electron chi connectivity index (χ0n) is 15.7. The molecule has 5 heteroatoms. The Hall–Kier alpha value is -0.393. The van der Waals surface area contributed by atoms with E-state index in [-0.39, 0.29) is 6.10 Å². The molecule has 0 aromatic heterocycles. The fourth-order valence-electron chi connectivity index (χ4n) is 2.85. The monoisotopic (exact) mass is 328 g/mol. The predicted molar refractivity (Wildman–Crippen MR) is 97.0 cm³/mol. The van der Waals surface area contributed by atoms with E-state index in [9.17, 15) is 0 Å². The van der Waals surface area contributed by atoms with Gasteiger partial charge in [-0.2, -0.15) is 5.10 Å². The zero-order valence-corrected chi connectivity index (χ0v) is 16.7. The number of methoxy groups -OCH3 is 1. The second-order valence-corrected chi connectivity index (χ2v) is 12.1. The van der Waals surface area contributed by atoms with Crippen molar-refractivity contribution in [2.24, 2.45) is 11.0 Å². The van der Waals surface area contributed by atoms with Crippen molar-refractivity contribution in [2.45, 2.75) is 78.2 Å². The van der Waals surface area contributed by atoms with Gasteiger partial charge in [0.2, 0.25) is 0 Å². The normalized spacial score (nSPS) is 21.7. The molecule has 1 aliphatic rings. The maximum atomic E-state index is 6.39. The van der Waals surface area contributed by atoms with E-state index < -0.39 is 8.32 Å². The summed E-state index contributed by atoms with van der Waals surface area (Å²) in [7, 11) is 0.254. The van der Waals surface area contributed by atoms with Crippen LogP contribution >= 0.6 is 0 Å². The van der Waals surface area contributed by atoms with Crippen molar-refractivity contribution in [3.8, 4) is 0 Å². The van der Waals surface area contributed by atoms with Crippen LogP contribution in [0, 0.1) is 5.92 Å². The molecule has 130 valence electrons. The largest absolute Gasteiger partial charge is 0.414 e. The van der Waals surface area contributed by atoms with Crippen molar-refractivity contribution in [1.29, 1.82) is 0 Å². The van der Waals surface area contributed by atoms with Gasteiger partial charge in [-0.1, -0.05) is 20.8 Å². The van der Waals surface area contributed by atoms with Gasteiger partial charge >= 0.3 is 0 Å². The van der Waals surface area contributed by atoms with Crippen LogP contribution < -0.4 is 0 Å². The summed E-state index contributed by atoms with van der Waals surface area (Å²) in [6.07, 6.45) is 4.64. The van der Waals surface area contributed by atoms with Gasteiger partial charge in [0.1, 0.15) is 0 Å². The third-order valence-electron chi connectivity index (χ3n) is 4.07. The molecule has 0 aromatic carbocycles. The van der Waals surface area contributed by atoms with Crippen LogP contribution in [0.4, 0.5) is 0 Å². The van der Waals surface area contributed by atoms with E-state index in [0.29, 0.717) is 12.0 Å². The van der Waals surface area contributed by atoms with Crippen molar-refractivity contribution in [3.63, 3.8) is 0 Å². The third kappa shape index (κ3) is 6.80. The molecule has 1 unspecified atom stereocenters. The molecule has 1 heterocycles. The predicted octanol–water partition coefficient (Wildman–Crippen LogP) is 4.13. The molecule has 1 fully saturated rings. The lowest BCUT2D eigenvalue weighted by Crippen LogP contribution is -2.37. The van der Waals surface area contributed by atoms with Crippen LogP contribution in [0.2, 0.25) is 19.6 Å². The van der Waals surface area contributed by atoms with Crippen LogP contribution in [-0.2, 0) is 9.16 Å². The molecule has 1 aliphatic heterocycles. The average molecular weight is 329 g/mol. The number of hydrogen-bond donors (Lipinski definition) is 0. The van der Waals surface area contributed by atoms with Gasteiger partial charge in [0.15, 0.2) is 8.32 Å². The molecule has 1 saturated heterocycles. The zero-order chi connectivity index (χ0) is 16.8. The smallest absolute Gasteiger partial charge is 0.184 e. The Bertz CT molecular complexity index is 353. The summed E-state index contributed by atoms with van der Waals surface area (Å²) in [4.78, 5) is 0. The van der Waals surface area contributed by atoms with Gasteiger partial charge in [-0.05, 0) is 44.8 Å². The van der Waals surface area contributed by atoms with Crippen LogP contribution in [0.15, 0.2) is 5.10 Å². The van der Waals surface area contributed by atoms with Crippen molar-refractivity contribution in [3.05, 3.63) is 0 Å². The van der Waals surface area contributed by atoms with Crippen molar-refractivity contribution >= 4 is 14.0 Å². The number of hydrazone groups is 1. The molecule has 0 spiro atoms. The summed E-state index contributed by atoms with van der Waals surface area (Å²) < 4.78 is 11.7. The lowest BCUT2D eigenvalue weighted by molar-refractivity contribution is 0.116. The molecule has 0 N–H and O–H groups in total. The molecular weight excluding hydrogens is 292 g/mol. The number of nitrogens with zero attached hydrogens (tertiary/aromatic N) is 2. The lowest BCUT2D eigenvalue weighted by Gasteiger charge is -2.30. The molecule has 0 radical (unpaired) electrons. The summed E-state index contributed by atoms with van der Waals surface area (Å²) >= 11 is 0. The Labute approximate surface area is 138 Å². The van der Waals surface area contributed by atoms with Crippen molar-refractivity contribution < 1.29 is 9.16 Å². The minimum Gasteiger partial charge on any atom is -0.414 e. The van der Waals surface area contributed by atoms with Crippen LogP contribution in [0.1, 0.15) is 46.5 Å². The highest BCUT2D eigenvalue weighted by atomic mass is 28.4. The summed E-state index contributed by atoms with van der Waals surface area (Å²) in [5.74, 6) is 0.525. The highest BCUT2D eigenvalue weighted by Gasteiger charge is 2.26. The van der Waals surface area contributed by atoms with Crippen molar-refractivity contribution in [1.82, 2.24) is 5.01 Å². The quantitative estimate of drug-likeness (QED) is 0.471. The van der Waals surface area contributed by atoms with Crippen LogP contribution in [-0.4, -0.2) is 51.4 Å². The highest BCUT2D eigenvalue weighted by molar-refractivity contribution is 6.69. The second kappa shape index (κ2) is 9.04. The molecule has 0 saturated carbocycles. The number of hydrogen-bond acceptors (Lipinski definition) is 4. The molecule has 4 nitrogen and oxygen atoms in total. The van der Waals surface area contributed by atoms with Crippen LogP contribution in [0.5, 0.6) is 0 Å². The first kappa shape index (κ1) is 19.7. The van der Waals surface area contributed by atoms with Gasteiger partial charge in [0.25, 0.3) is 0 Å². The first-order valence-electron chi connectivity index (χ1n) is 8.76.